The van der Waals surface area contributed by atoms with Gasteiger partial charge in [-0.1, -0.05) is 35.4 Å². The molecule has 0 aromatic heterocycles. The molecule has 0 rings (SSSR count). The molecule has 2 nitrogen and oxygen atoms in total. The lowest BCUT2D eigenvalue weighted by atomic mass is 10.2. The van der Waals surface area contributed by atoms with Crippen molar-refractivity contribution in [2.45, 2.75) is 44.7 Å². The van der Waals surface area contributed by atoms with Crippen LogP contribution in [0.15, 0.2) is 0 Å². The Morgan fingerprint density at radius 1 is 1.12 bits per heavy atom. The molecular formula is C10H17F3INO. The molecule has 6 heteroatoms. The van der Waals surface area contributed by atoms with E-state index < -0.39 is 24.9 Å². The molecule has 0 radical (unpaired) electrons. The van der Waals surface area contributed by atoms with Crippen molar-refractivity contribution in [3.63, 3.8) is 0 Å². The van der Waals surface area contributed by atoms with Gasteiger partial charge in [0, 0.05) is 13.0 Å². The molecule has 1 N–H and O–H groups in total. The number of hydrogen-bond donors (Lipinski definition) is 1. The Morgan fingerprint density at radius 2 is 1.75 bits per heavy atom. The third kappa shape index (κ3) is 12.1. The van der Waals surface area contributed by atoms with Crippen LogP contribution in [0.4, 0.5) is 13.2 Å². The Labute approximate surface area is 107 Å². The molecule has 0 spiro atoms. The zero-order chi connectivity index (χ0) is 12.4. The van der Waals surface area contributed by atoms with Crippen LogP contribution in [0.5, 0.6) is 0 Å². The van der Waals surface area contributed by atoms with Crippen molar-refractivity contribution in [2.75, 3.05) is 11.0 Å². The summed E-state index contributed by atoms with van der Waals surface area (Å²) in [5.74, 6) is -0.508. The lowest BCUT2D eigenvalue weighted by molar-refractivity contribution is -0.144. The average Bonchev–Trinajstić information content (AvgIpc) is 2.19. The van der Waals surface area contributed by atoms with Gasteiger partial charge in [-0.25, -0.2) is 0 Å². The van der Waals surface area contributed by atoms with Crippen molar-refractivity contribution >= 4 is 28.5 Å². The first-order valence-corrected chi connectivity index (χ1v) is 6.87. The molecule has 0 saturated carbocycles. The molecule has 0 atom stereocenters. The van der Waals surface area contributed by atoms with Gasteiger partial charge in [0.15, 0.2) is 0 Å². The molecular weight excluding hydrogens is 334 g/mol. The van der Waals surface area contributed by atoms with Crippen molar-refractivity contribution in [1.82, 2.24) is 5.32 Å². The predicted molar refractivity (Wildman–Crippen MR) is 65.7 cm³/mol. The summed E-state index contributed by atoms with van der Waals surface area (Å²) in [5.41, 5.74) is 0. The third-order valence-electron chi connectivity index (χ3n) is 2.02. The Hall–Kier alpha value is -0.0100. The highest BCUT2D eigenvalue weighted by molar-refractivity contribution is 14.1. The number of unbranched alkanes of at least 4 members (excludes halogenated alkanes) is 3. The van der Waals surface area contributed by atoms with Gasteiger partial charge in [0.05, 0.1) is 6.42 Å². The highest BCUT2D eigenvalue weighted by Crippen LogP contribution is 2.20. The minimum Gasteiger partial charge on any atom is -0.356 e. The smallest absolute Gasteiger partial charge is 0.356 e. The first-order valence-electron chi connectivity index (χ1n) is 5.35. The highest BCUT2D eigenvalue weighted by Gasteiger charge is 2.27. The normalized spacial score (nSPS) is 11.5. The quantitative estimate of drug-likeness (QED) is 0.405. The van der Waals surface area contributed by atoms with Crippen molar-refractivity contribution < 1.29 is 18.0 Å². The molecule has 0 aromatic rings. The average molecular weight is 351 g/mol. The lowest BCUT2D eigenvalue weighted by Crippen LogP contribution is -2.25. The summed E-state index contributed by atoms with van der Waals surface area (Å²) in [5, 5.41) is 2.49. The van der Waals surface area contributed by atoms with Crippen molar-refractivity contribution in [1.29, 1.82) is 0 Å². The van der Waals surface area contributed by atoms with Crippen LogP contribution < -0.4 is 5.32 Å². The third-order valence-corrected chi connectivity index (χ3v) is 2.78. The second-order valence-corrected chi connectivity index (χ2v) is 4.65. The number of halogens is 4. The number of nitrogens with one attached hydrogen (secondary N) is 1. The van der Waals surface area contributed by atoms with Gasteiger partial charge in [-0.05, 0) is 17.3 Å². The van der Waals surface area contributed by atoms with Crippen molar-refractivity contribution in [3.05, 3.63) is 0 Å². The van der Waals surface area contributed by atoms with E-state index in [0.717, 1.165) is 30.1 Å². The van der Waals surface area contributed by atoms with Gasteiger partial charge in [0.1, 0.15) is 0 Å². The topological polar surface area (TPSA) is 29.1 Å². The summed E-state index contributed by atoms with van der Waals surface area (Å²) in [6.07, 6.45) is -1.61. The van der Waals surface area contributed by atoms with Crippen molar-refractivity contribution in [3.8, 4) is 0 Å². The Morgan fingerprint density at radius 3 is 2.31 bits per heavy atom. The van der Waals surface area contributed by atoms with Gasteiger partial charge in [0.2, 0.25) is 5.91 Å². The van der Waals surface area contributed by atoms with Crippen molar-refractivity contribution in [2.24, 2.45) is 0 Å². The maximum Gasteiger partial charge on any atom is 0.389 e. The summed E-state index contributed by atoms with van der Waals surface area (Å²) in [6.45, 7) is 0.484. The molecule has 1 amide bonds. The van der Waals surface area contributed by atoms with E-state index in [1.165, 1.54) is 0 Å². The van der Waals surface area contributed by atoms with E-state index in [-0.39, 0.29) is 0 Å². The molecule has 0 unspecified atom stereocenters. The Bertz CT molecular complexity index is 197. The molecule has 0 saturated heterocycles. The highest BCUT2D eigenvalue weighted by atomic mass is 127. The van der Waals surface area contributed by atoms with E-state index in [1.54, 1.807) is 0 Å². The fourth-order valence-corrected chi connectivity index (χ4v) is 1.68. The maximum absolute atomic E-state index is 11.8. The largest absolute Gasteiger partial charge is 0.389 e. The lowest BCUT2D eigenvalue weighted by Gasteiger charge is -2.07. The first kappa shape index (κ1) is 16.0. The summed E-state index contributed by atoms with van der Waals surface area (Å²) in [4.78, 5) is 11.0. The zero-order valence-electron chi connectivity index (χ0n) is 9.08. The fourth-order valence-electron chi connectivity index (χ4n) is 1.14. The van der Waals surface area contributed by atoms with E-state index in [4.69, 9.17) is 0 Å². The number of alkyl halides is 4. The van der Waals surface area contributed by atoms with Gasteiger partial charge in [-0.15, -0.1) is 0 Å². The monoisotopic (exact) mass is 351 g/mol. The summed E-state index contributed by atoms with van der Waals surface area (Å²) in [7, 11) is 0. The Kier molecular flexibility index (Phi) is 9.06. The second-order valence-electron chi connectivity index (χ2n) is 3.57. The predicted octanol–water partition coefficient (Wildman–Crippen LogP) is 3.44. The minimum absolute atomic E-state index is 0.461. The summed E-state index contributed by atoms with van der Waals surface area (Å²) < 4.78 is 36.4. The molecule has 96 valence electrons. The number of rotatable bonds is 8. The van der Waals surface area contributed by atoms with Crippen LogP contribution in [-0.4, -0.2) is 23.1 Å². The Balaban J connectivity index is 3.31. The molecule has 16 heavy (non-hydrogen) atoms. The van der Waals surface area contributed by atoms with E-state index in [1.807, 2.05) is 0 Å². The molecule has 0 fully saturated rings. The van der Waals surface area contributed by atoms with Gasteiger partial charge in [-0.2, -0.15) is 13.2 Å². The second kappa shape index (κ2) is 9.07. The first-order chi connectivity index (χ1) is 7.45. The van der Waals surface area contributed by atoms with E-state index in [2.05, 4.69) is 27.9 Å². The molecule has 0 aliphatic rings. The number of carbonyl (C=O) groups is 1. The van der Waals surface area contributed by atoms with Crippen LogP contribution in [0.1, 0.15) is 38.5 Å². The SMILES string of the molecule is O=C(CCC(F)(F)F)NCCCCCCI. The molecule has 0 bridgehead atoms. The van der Waals surface area contributed by atoms with Gasteiger partial charge >= 0.3 is 6.18 Å². The standard InChI is InChI=1S/C10H17F3INO/c11-10(12,13)6-5-9(16)15-8-4-2-1-3-7-14/h1-8H2,(H,15,16). The van der Waals surface area contributed by atoms with Crippen LogP contribution in [0.2, 0.25) is 0 Å². The maximum atomic E-state index is 11.8. The molecule has 0 aliphatic heterocycles. The minimum atomic E-state index is -4.24. The number of carbonyl (C=O) groups excluding carboxylic acids is 1. The zero-order valence-corrected chi connectivity index (χ0v) is 11.2. The number of hydrogen-bond acceptors (Lipinski definition) is 1. The van der Waals surface area contributed by atoms with Gasteiger partial charge < -0.3 is 5.32 Å². The van der Waals surface area contributed by atoms with Crippen LogP contribution in [-0.2, 0) is 4.79 Å². The van der Waals surface area contributed by atoms with E-state index in [0.29, 0.717) is 6.54 Å². The van der Waals surface area contributed by atoms with Crippen LogP contribution in [0.25, 0.3) is 0 Å². The molecule has 0 aliphatic carbocycles. The summed E-state index contributed by atoms with van der Waals surface area (Å²) >= 11 is 2.30. The van der Waals surface area contributed by atoms with Crippen LogP contribution in [0.3, 0.4) is 0 Å². The van der Waals surface area contributed by atoms with Gasteiger partial charge in [0.25, 0.3) is 0 Å². The summed E-state index contributed by atoms with van der Waals surface area (Å²) in [6, 6.07) is 0. The van der Waals surface area contributed by atoms with E-state index >= 15 is 0 Å². The molecule has 0 heterocycles. The molecule has 0 aromatic carbocycles. The van der Waals surface area contributed by atoms with Gasteiger partial charge in [-0.3, -0.25) is 4.79 Å². The van der Waals surface area contributed by atoms with Crippen LogP contribution in [0, 0.1) is 0 Å². The van der Waals surface area contributed by atoms with Crippen LogP contribution >= 0.6 is 22.6 Å². The fraction of sp³-hybridized carbons (Fsp3) is 0.900. The van der Waals surface area contributed by atoms with E-state index in [9.17, 15) is 18.0 Å². The number of amides is 1.